The number of hydrogen-bond donors (Lipinski definition) is 0. The maximum Gasteiger partial charge on any atom is 0.0674 e. The van der Waals surface area contributed by atoms with Crippen LogP contribution in [0, 0.1) is 5.92 Å². The van der Waals surface area contributed by atoms with Crippen LogP contribution in [0.2, 0.25) is 0 Å². The van der Waals surface area contributed by atoms with E-state index in [4.69, 9.17) is 4.74 Å². The van der Waals surface area contributed by atoms with Crippen LogP contribution >= 0.6 is 0 Å². The van der Waals surface area contributed by atoms with Crippen LogP contribution in [0.25, 0.3) is 0 Å². The second kappa shape index (κ2) is 4.24. The Labute approximate surface area is 75.9 Å². The van der Waals surface area contributed by atoms with E-state index in [0.29, 0.717) is 12.1 Å². The third kappa shape index (κ3) is 2.46. The van der Waals surface area contributed by atoms with Crippen molar-refractivity contribution in [1.82, 2.24) is 4.90 Å². The molecule has 0 spiro atoms. The average molecular weight is 171 g/mol. The van der Waals surface area contributed by atoms with Crippen LogP contribution in [0.5, 0.6) is 0 Å². The summed E-state index contributed by atoms with van der Waals surface area (Å²) in [5, 5.41) is 0. The van der Waals surface area contributed by atoms with E-state index < -0.39 is 0 Å². The molecule has 12 heavy (non-hydrogen) atoms. The molecule has 1 heterocycles. The molecule has 0 aromatic carbocycles. The summed E-state index contributed by atoms with van der Waals surface area (Å²) >= 11 is 0. The summed E-state index contributed by atoms with van der Waals surface area (Å²) < 4.78 is 5.50. The molecule has 2 atom stereocenters. The Hall–Kier alpha value is -0.0800. The topological polar surface area (TPSA) is 12.5 Å². The highest BCUT2D eigenvalue weighted by molar-refractivity contribution is 4.75. The standard InChI is InChI=1S/C10H21NO/c1-8(2)10(4)11-5-6-12-9(3)7-11/h8-10H,5-7H2,1-4H3/t9-,10+/m0/s1. The summed E-state index contributed by atoms with van der Waals surface area (Å²) in [7, 11) is 0. The lowest BCUT2D eigenvalue weighted by atomic mass is 10.0. The zero-order valence-electron chi connectivity index (χ0n) is 8.71. The third-order valence-electron chi connectivity index (χ3n) is 2.81. The van der Waals surface area contributed by atoms with Crippen molar-refractivity contribution >= 4 is 0 Å². The van der Waals surface area contributed by atoms with Crippen LogP contribution in [0.15, 0.2) is 0 Å². The molecule has 0 aromatic heterocycles. The maximum absolute atomic E-state index is 5.50. The number of rotatable bonds is 2. The van der Waals surface area contributed by atoms with E-state index in [1.54, 1.807) is 0 Å². The Bertz CT molecular complexity index is 136. The van der Waals surface area contributed by atoms with E-state index in [0.717, 1.165) is 25.6 Å². The van der Waals surface area contributed by atoms with Gasteiger partial charge in [-0.2, -0.15) is 0 Å². The summed E-state index contributed by atoms with van der Waals surface area (Å²) in [5.74, 6) is 0.746. The number of hydrogen-bond acceptors (Lipinski definition) is 2. The van der Waals surface area contributed by atoms with Crippen LogP contribution < -0.4 is 0 Å². The highest BCUT2D eigenvalue weighted by atomic mass is 16.5. The molecule has 0 bridgehead atoms. The van der Waals surface area contributed by atoms with E-state index >= 15 is 0 Å². The van der Waals surface area contributed by atoms with Crippen molar-refractivity contribution < 1.29 is 4.74 Å². The maximum atomic E-state index is 5.50. The second-order valence-corrected chi connectivity index (χ2v) is 4.16. The fourth-order valence-electron chi connectivity index (χ4n) is 1.64. The van der Waals surface area contributed by atoms with Crippen LogP contribution in [0.4, 0.5) is 0 Å². The molecule has 72 valence electrons. The third-order valence-corrected chi connectivity index (χ3v) is 2.81. The van der Waals surface area contributed by atoms with Gasteiger partial charge in [0.25, 0.3) is 0 Å². The van der Waals surface area contributed by atoms with Crippen molar-refractivity contribution in [2.24, 2.45) is 5.92 Å². The van der Waals surface area contributed by atoms with Crippen molar-refractivity contribution in [1.29, 1.82) is 0 Å². The predicted octanol–water partition coefficient (Wildman–Crippen LogP) is 1.75. The Morgan fingerprint density at radius 1 is 1.33 bits per heavy atom. The fraction of sp³-hybridized carbons (Fsp3) is 1.00. The Balaban J connectivity index is 2.40. The number of morpholine rings is 1. The molecular weight excluding hydrogens is 150 g/mol. The first-order valence-corrected chi connectivity index (χ1v) is 4.97. The summed E-state index contributed by atoms with van der Waals surface area (Å²) in [6, 6.07) is 0.691. The summed E-state index contributed by atoms with van der Waals surface area (Å²) in [4.78, 5) is 2.53. The molecule has 0 N–H and O–H groups in total. The van der Waals surface area contributed by atoms with Gasteiger partial charge in [0.2, 0.25) is 0 Å². The van der Waals surface area contributed by atoms with Crippen molar-refractivity contribution in [2.45, 2.75) is 39.8 Å². The van der Waals surface area contributed by atoms with Gasteiger partial charge in [0, 0.05) is 19.1 Å². The minimum atomic E-state index is 0.417. The molecule has 1 rings (SSSR count). The molecule has 0 amide bonds. The van der Waals surface area contributed by atoms with Gasteiger partial charge in [-0.3, -0.25) is 4.90 Å². The molecule has 1 aliphatic heterocycles. The van der Waals surface area contributed by atoms with Gasteiger partial charge in [-0.05, 0) is 19.8 Å². The molecule has 1 saturated heterocycles. The lowest BCUT2D eigenvalue weighted by Crippen LogP contribution is -2.47. The summed E-state index contributed by atoms with van der Waals surface area (Å²) in [6.45, 7) is 12.1. The Morgan fingerprint density at radius 2 is 2.00 bits per heavy atom. The van der Waals surface area contributed by atoms with Crippen LogP contribution in [0.1, 0.15) is 27.7 Å². The van der Waals surface area contributed by atoms with E-state index in [1.807, 2.05) is 0 Å². The quantitative estimate of drug-likeness (QED) is 0.627. The monoisotopic (exact) mass is 171 g/mol. The SMILES string of the molecule is CC(C)[C@@H](C)N1CCO[C@@H](C)C1. The molecular formula is C10H21NO. The van der Waals surface area contributed by atoms with Crippen LogP contribution in [-0.2, 0) is 4.74 Å². The second-order valence-electron chi connectivity index (χ2n) is 4.16. The van der Waals surface area contributed by atoms with E-state index in [9.17, 15) is 0 Å². The Morgan fingerprint density at radius 3 is 2.50 bits per heavy atom. The first-order valence-electron chi connectivity index (χ1n) is 4.97. The van der Waals surface area contributed by atoms with Gasteiger partial charge >= 0.3 is 0 Å². The van der Waals surface area contributed by atoms with Crippen LogP contribution in [0.3, 0.4) is 0 Å². The van der Waals surface area contributed by atoms with Gasteiger partial charge in [-0.25, -0.2) is 0 Å². The lowest BCUT2D eigenvalue weighted by Gasteiger charge is -2.37. The van der Waals surface area contributed by atoms with E-state index in [1.165, 1.54) is 0 Å². The fourth-order valence-corrected chi connectivity index (χ4v) is 1.64. The van der Waals surface area contributed by atoms with E-state index in [-0.39, 0.29) is 0 Å². The van der Waals surface area contributed by atoms with E-state index in [2.05, 4.69) is 32.6 Å². The summed E-state index contributed by atoms with van der Waals surface area (Å²) in [6.07, 6.45) is 0.417. The van der Waals surface area contributed by atoms with Crippen LogP contribution in [-0.4, -0.2) is 36.7 Å². The number of nitrogens with zero attached hydrogens (tertiary/aromatic N) is 1. The Kier molecular flexibility index (Phi) is 3.53. The molecule has 0 unspecified atom stereocenters. The van der Waals surface area contributed by atoms with Crippen molar-refractivity contribution in [3.05, 3.63) is 0 Å². The zero-order valence-corrected chi connectivity index (χ0v) is 8.71. The first kappa shape index (κ1) is 10.0. The molecule has 2 nitrogen and oxygen atoms in total. The normalized spacial score (nSPS) is 29.2. The summed E-state index contributed by atoms with van der Waals surface area (Å²) in [5.41, 5.74) is 0. The minimum absolute atomic E-state index is 0.417. The smallest absolute Gasteiger partial charge is 0.0674 e. The molecule has 0 saturated carbocycles. The number of ether oxygens (including phenoxy) is 1. The van der Waals surface area contributed by atoms with Crippen molar-refractivity contribution in [3.63, 3.8) is 0 Å². The molecule has 1 fully saturated rings. The molecule has 0 radical (unpaired) electrons. The molecule has 0 aromatic rings. The molecule has 0 aliphatic carbocycles. The van der Waals surface area contributed by atoms with Crippen molar-refractivity contribution in [3.8, 4) is 0 Å². The lowest BCUT2D eigenvalue weighted by molar-refractivity contribution is -0.0378. The largest absolute Gasteiger partial charge is 0.376 e. The van der Waals surface area contributed by atoms with Gasteiger partial charge in [-0.1, -0.05) is 13.8 Å². The molecule has 2 heteroatoms. The predicted molar refractivity (Wildman–Crippen MR) is 51.3 cm³/mol. The van der Waals surface area contributed by atoms with Gasteiger partial charge in [0.15, 0.2) is 0 Å². The van der Waals surface area contributed by atoms with Gasteiger partial charge in [0.05, 0.1) is 12.7 Å². The van der Waals surface area contributed by atoms with Gasteiger partial charge in [-0.15, -0.1) is 0 Å². The van der Waals surface area contributed by atoms with Gasteiger partial charge in [0.1, 0.15) is 0 Å². The average Bonchev–Trinajstić information content (AvgIpc) is 2.03. The molecule has 1 aliphatic rings. The zero-order chi connectivity index (χ0) is 9.14. The van der Waals surface area contributed by atoms with Crippen molar-refractivity contribution in [2.75, 3.05) is 19.7 Å². The minimum Gasteiger partial charge on any atom is -0.376 e. The highest BCUT2D eigenvalue weighted by Gasteiger charge is 2.22. The highest BCUT2D eigenvalue weighted by Crippen LogP contribution is 2.14. The van der Waals surface area contributed by atoms with Gasteiger partial charge < -0.3 is 4.74 Å². The first-order chi connectivity index (χ1) is 5.61.